The van der Waals surface area contributed by atoms with Gasteiger partial charge in [0.2, 0.25) is 0 Å². The summed E-state index contributed by atoms with van der Waals surface area (Å²) < 4.78 is 23.6. The maximum Gasteiger partial charge on any atom is 0.161 e. The van der Waals surface area contributed by atoms with Crippen LogP contribution in [0.1, 0.15) is 11.3 Å². The van der Waals surface area contributed by atoms with Crippen LogP contribution in [0.4, 0.5) is 5.82 Å². The SMILES string of the molecule is O=S1(=O)CCN(c2nc(-c3ccncc3)nc3c2CCNCC3)CC1. The third kappa shape index (κ3) is 3.50. The lowest BCUT2D eigenvalue weighted by Gasteiger charge is -2.30. The number of anilines is 1. The lowest BCUT2D eigenvalue weighted by Crippen LogP contribution is -2.41. The predicted molar refractivity (Wildman–Crippen MR) is 96.4 cm³/mol. The summed E-state index contributed by atoms with van der Waals surface area (Å²) in [5.41, 5.74) is 3.15. The van der Waals surface area contributed by atoms with Gasteiger partial charge in [0.15, 0.2) is 15.7 Å². The van der Waals surface area contributed by atoms with Gasteiger partial charge in [-0.3, -0.25) is 4.98 Å². The standard InChI is InChI=1S/C17H21N5O2S/c23-25(24)11-9-22(10-12-25)17-14-3-7-19-8-4-15(14)20-16(21-17)13-1-5-18-6-2-13/h1-2,5-6,19H,3-4,7-12H2. The van der Waals surface area contributed by atoms with E-state index in [2.05, 4.69) is 15.2 Å². The quantitative estimate of drug-likeness (QED) is 0.833. The van der Waals surface area contributed by atoms with Crippen LogP contribution in [-0.2, 0) is 22.7 Å². The number of fused-ring (bicyclic) bond motifs is 1. The maximum absolute atomic E-state index is 11.8. The number of nitrogens with zero attached hydrogens (tertiary/aromatic N) is 4. The fourth-order valence-corrected chi connectivity index (χ4v) is 4.54. The molecule has 2 aromatic heterocycles. The highest BCUT2D eigenvalue weighted by Crippen LogP contribution is 2.28. The van der Waals surface area contributed by atoms with Crippen molar-refractivity contribution >= 4 is 15.7 Å². The Bertz CT molecular complexity index is 856. The molecule has 1 saturated heterocycles. The van der Waals surface area contributed by atoms with Crippen molar-refractivity contribution in [3.63, 3.8) is 0 Å². The van der Waals surface area contributed by atoms with Crippen LogP contribution in [0.15, 0.2) is 24.5 Å². The number of sulfone groups is 1. The molecule has 132 valence electrons. The summed E-state index contributed by atoms with van der Waals surface area (Å²) in [6.45, 7) is 2.78. The topological polar surface area (TPSA) is 88.1 Å². The number of pyridine rings is 1. The third-order valence-electron chi connectivity index (χ3n) is 4.74. The first-order valence-electron chi connectivity index (χ1n) is 8.59. The molecule has 0 unspecified atom stereocenters. The fourth-order valence-electron chi connectivity index (χ4n) is 3.34. The molecular formula is C17H21N5O2S. The molecule has 2 aliphatic rings. The average molecular weight is 359 g/mol. The van der Waals surface area contributed by atoms with Crippen LogP contribution in [-0.4, -0.2) is 61.1 Å². The molecule has 0 amide bonds. The molecule has 7 nitrogen and oxygen atoms in total. The summed E-state index contributed by atoms with van der Waals surface area (Å²) in [5, 5.41) is 3.40. The Labute approximate surface area is 147 Å². The summed E-state index contributed by atoms with van der Waals surface area (Å²) in [7, 11) is -2.92. The van der Waals surface area contributed by atoms with Crippen LogP contribution >= 0.6 is 0 Å². The van der Waals surface area contributed by atoms with Crippen LogP contribution in [0.3, 0.4) is 0 Å². The minimum atomic E-state index is -2.92. The zero-order valence-electron chi connectivity index (χ0n) is 14.0. The van der Waals surface area contributed by atoms with Crippen LogP contribution in [0.5, 0.6) is 0 Å². The molecule has 1 N–H and O–H groups in total. The predicted octanol–water partition coefficient (Wildman–Crippen LogP) is 0.462. The highest BCUT2D eigenvalue weighted by molar-refractivity contribution is 7.91. The number of rotatable bonds is 2. The van der Waals surface area contributed by atoms with Crippen molar-refractivity contribution < 1.29 is 8.42 Å². The number of hydrogen-bond donors (Lipinski definition) is 1. The van der Waals surface area contributed by atoms with Gasteiger partial charge in [-0.1, -0.05) is 0 Å². The summed E-state index contributed by atoms with van der Waals surface area (Å²) in [6, 6.07) is 3.81. The van der Waals surface area contributed by atoms with Crippen molar-refractivity contribution in [2.24, 2.45) is 0 Å². The third-order valence-corrected chi connectivity index (χ3v) is 6.35. The minimum Gasteiger partial charge on any atom is -0.354 e. The lowest BCUT2D eigenvalue weighted by molar-refractivity contribution is 0.586. The van der Waals surface area contributed by atoms with E-state index in [4.69, 9.17) is 9.97 Å². The second-order valence-corrected chi connectivity index (χ2v) is 8.72. The lowest BCUT2D eigenvalue weighted by atomic mass is 10.1. The first-order valence-corrected chi connectivity index (χ1v) is 10.4. The molecule has 25 heavy (non-hydrogen) atoms. The van der Waals surface area contributed by atoms with Gasteiger partial charge in [0.25, 0.3) is 0 Å². The Morgan fingerprint density at radius 3 is 2.48 bits per heavy atom. The fraction of sp³-hybridized carbons (Fsp3) is 0.471. The zero-order valence-corrected chi connectivity index (χ0v) is 14.8. The van der Waals surface area contributed by atoms with Crippen molar-refractivity contribution in [3.05, 3.63) is 35.8 Å². The normalized spacial score (nSPS) is 19.9. The Morgan fingerprint density at radius 1 is 1.00 bits per heavy atom. The Balaban J connectivity index is 1.78. The smallest absolute Gasteiger partial charge is 0.161 e. The Hall–Kier alpha value is -2.06. The molecule has 4 rings (SSSR count). The Morgan fingerprint density at radius 2 is 1.72 bits per heavy atom. The van der Waals surface area contributed by atoms with E-state index in [9.17, 15) is 8.42 Å². The molecule has 0 radical (unpaired) electrons. The van der Waals surface area contributed by atoms with Gasteiger partial charge in [-0.05, 0) is 25.1 Å². The molecule has 2 aromatic rings. The van der Waals surface area contributed by atoms with Crippen molar-refractivity contribution in [3.8, 4) is 11.4 Å². The summed E-state index contributed by atoms with van der Waals surface area (Å²) >= 11 is 0. The van der Waals surface area contributed by atoms with Crippen molar-refractivity contribution in [1.29, 1.82) is 0 Å². The van der Waals surface area contributed by atoms with Gasteiger partial charge in [0, 0.05) is 49.6 Å². The van der Waals surface area contributed by atoms with Crippen molar-refractivity contribution in [1.82, 2.24) is 20.3 Å². The molecule has 0 saturated carbocycles. The van der Waals surface area contributed by atoms with E-state index < -0.39 is 9.84 Å². The number of hydrogen-bond acceptors (Lipinski definition) is 7. The first-order chi connectivity index (χ1) is 12.1. The van der Waals surface area contributed by atoms with Gasteiger partial charge in [-0.15, -0.1) is 0 Å². The average Bonchev–Trinajstić information content (AvgIpc) is 2.87. The van der Waals surface area contributed by atoms with Gasteiger partial charge >= 0.3 is 0 Å². The van der Waals surface area contributed by atoms with Gasteiger partial charge in [-0.25, -0.2) is 18.4 Å². The van der Waals surface area contributed by atoms with E-state index >= 15 is 0 Å². The van der Waals surface area contributed by atoms with Crippen molar-refractivity contribution in [2.45, 2.75) is 12.8 Å². The van der Waals surface area contributed by atoms with Crippen LogP contribution < -0.4 is 10.2 Å². The zero-order chi connectivity index (χ0) is 17.3. The van der Waals surface area contributed by atoms with Crippen LogP contribution in [0.25, 0.3) is 11.4 Å². The maximum atomic E-state index is 11.8. The van der Waals surface area contributed by atoms with Gasteiger partial charge in [0.1, 0.15) is 5.82 Å². The monoisotopic (exact) mass is 359 g/mol. The van der Waals surface area contributed by atoms with Gasteiger partial charge < -0.3 is 10.2 Å². The molecule has 4 heterocycles. The van der Waals surface area contributed by atoms with E-state index in [-0.39, 0.29) is 11.5 Å². The molecule has 0 spiro atoms. The van der Waals surface area contributed by atoms with Gasteiger partial charge in [0.05, 0.1) is 17.2 Å². The van der Waals surface area contributed by atoms with Gasteiger partial charge in [-0.2, -0.15) is 0 Å². The molecule has 8 heteroatoms. The Kier molecular flexibility index (Phi) is 4.39. The molecule has 1 fully saturated rings. The van der Waals surface area contributed by atoms with E-state index in [1.807, 2.05) is 12.1 Å². The van der Waals surface area contributed by atoms with Crippen LogP contribution in [0, 0.1) is 0 Å². The first kappa shape index (κ1) is 16.4. The molecule has 0 bridgehead atoms. The minimum absolute atomic E-state index is 0.189. The summed E-state index contributed by atoms with van der Waals surface area (Å²) in [4.78, 5) is 15.8. The molecule has 0 atom stereocenters. The van der Waals surface area contributed by atoms with E-state index in [0.717, 1.165) is 48.6 Å². The number of aromatic nitrogens is 3. The molecular weight excluding hydrogens is 338 g/mol. The largest absolute Gasteiger partial charge is 0.354 e. The summed E-state index contributed by atoms with van der Waals surface area (Å²) in [5.74, 6) is 1.96. The van der Waals surface area contributed by atoms with E-state index in [0.29, 0.717) is 18.9 Å². The van der Waals surface area contributed by atoms with Crippen molar-refractivity contribution in [2.75, 3.05) is 42.6 Å². The highest BCUT2D eigenvalue weighted by Gasteiger charge is 2.27. The number of nitrogens with one attached hydrogen (secondary N) is 1. The molecule has 0 aliphatic carbocycles. The van der Waals surface area contributed by atoms with E-state index in [1.165, 1.54) is 0 Å². The van der Waals surface area contributed by atoms with Crippen LogP contribution in [0.2, 0.25) is 0 Å². The highest BCUT2D eigenvalue weighted by atomic mass is 32.2. The molecule has 0 aromatic carbocycles. The second kappa shape index (κ2) is 6.68. The summed E-state index contributed by atoms with van der Waals surface area (Å²) in [6.07, 6.45) is 5.19. The molecule has 2 aliphatic heterocycles. The van der Waals surface area contributed by atoms with E-state index in [1.54, 1.807) is 12.4 Å². The second-order valence-electron chi connectivity index (χ2n) is 6.42.